The fraction of sp³-hybridized carbons (Fsp3) is 0.0833. The molecule has 2 aromatic rings. The third-order valence-corrected chi connectivity index (χ3v) is 2.21. The summed E-state index contributed by atoms with van der Waals surface area (Å²) in [6.07, 6.45) is 2.85. The molecule has 0 saturated carbocycles. The Morgan fingerprint density at radius 1 is 1.07 bits per heavy atom. The summed E-state index contributed by atoms with van der Waals surface area (Å²) in [6.45, 7) is 0. The molecular weight excluding hydrogens is 191 g/mol. The molecular formula is C12H11FN2. The van der Waals surface area contributed by atoms with Gasteiger partial charge in [-0.15, -0.1) is 0 Å². The normalized spacial score (nSPS) is 10.0. The second kappa shape index (κ2) is 4.09. The Morgan fingerprint density at radius 2 is 1.80 bits per heavy atom. The molecule has 0 saturated heterocycles. The van der Waals surface area contributed by atoms with Crippen LogP contribution >= 0.6 is 0 Å². The Labute approximate surface area is 87.8 Å². The summed E-state index contributed by atoms with van der Waals surface area (Å²) < 4.78 is 12.9. The van der Waals surface area contributed by atoms with Crippen LogP contribution in [0, 0.1) is 5.82 Å². The molecule has 0 bridgehead atoms. The van der Waals surface area contributed by atoms with E-state index in [4.69, 9.17) is 0 Å². The lowest BCUT2D eigenvalue weighted by Crippen LogP contribution is -1.87. The molecule has 1 aromatic carbocycles. The number of benzene rings is 1. The number of rotatable bonds is 2. The summed E-state index contributed by atoms with van der Waals surface area (Å²) in [6, 6.07) is 9.23. The molecule has 0 fully saturated rings. The van der Waals surface area contributed by atoms with E-state index < -0.39 is 0 Å². The maximum absolute atomic E-state index is 12.9. The molecule has 0 spiro atoms. The van der Waals surface area contributed by atoms with Crippen molar-refractivity contribution in [2.75, 3.05) is 12.4 Å². The number of aromatic nitrogens is 1. The largest absolute Gasteiger partial charge is 0.388 e. The second-order valence-electron chi connectivity index (χ2n) is 3.22. The monoisotopic (exact) mass is 202 g/mol. The average Bonchev–Trinajstić information content (AvgIpc) is 2.29. The van der Waals surface area contributed by atoms with Crippen LogP contribution in [-0.4, -0.2) is 12.0 Å². The summed E-state index contributed by atoms with van der Waals surface area (Å²) in [5.41, 5.74) is 2.78. The molecule has 2 nitrogen and oxygen atoms in total. The van der Waals surface area contributed by atoms with Crippen molar-refractivity contribution >= 4 is 5.69 Å². The molecule has 2 rings (SSSR count). The molecule has 0 aliphatic heterocycles. The van der Waals surface area contributed by atoms with Gasteiger partial charge in [0.1, 0.15) is 5.82 Å². The van der Waals surface area contributed by atoms with E-state index in [9.17, 15) is 4.39 Å². The Morgan fingerprint density at radius 3 is 2.40 bits per heavy atom. The quantitative estimate of drug-likeness (QED) is 0.809. The van der Waals surface area contributed by atoms with Crippen LogP contribution in [0.1, 0.15) is 0 Å². The van der Waals surface area contributed by atoms with E-state index in [1.807, 2.05) is 31.3 Å². The van der Waals surface area contributed by atoms with Gasteiger partial charge < -0.3 is 5.32 Å². The first-order valence-corrected chi connectivity index (χ1v) is 4.68. The highest BCUT2D eigenvalue weighted by molar-refractivity contribution is 5.65. The van der Waals surface area contributed by atoms with E-state index in [1.165, 1.54) is 12.3 Å². The minimum Gasteiger partial charge on any atom is -0.388 e. The molecule has 3 heteroatoms. The third kappa shape index (κ3) is 2.13. The van der Waals surface area contributed by atoms with Gasteiger partial charge in [0, 0.05) is 24.5 Å². The molecule has 0 amide bonds. The standard InChI is InChI=1S/C12H11FN2/c1-14-12-4-2-9(3-5-12)10-6-11(13)8-15-7-10/h2-8,14H,1H3. The fourth-order valence-corrected chi connectivity index (χ4v) is 1.40. The van der Waals surface area contributed by atoms with Gasteiger partial charge >= 0.3 is 0 Å². The number of halogens is 1. The smallest absolute Gasteiger partial charge is 0.142 e. The second-order valence-corrected chi connectivity index (χ2v) is 3.22. The van der Waals surface area contributed by atoms with Gasteiger partial charge in [0.2, 0.25) is 0 Å². The topological polar surface area (TPSA) is 24.9 Å². The average molecular weight is 202 g/mol. The van der Waals surface area contributed by atoms with Gasteiger partial charge in [-0.3, -0.25) is 4.98 Å². The number of nitrogens with one attached hydrogen (secondary N) is 1. The summed E-state index contributed by atoms with van der Waals surface area (Å²) in [5, 5.41) is 3.03. The number of anilines is 1. The summed E-state index contributed by atoms with van der Waals surface area (Å²) in [4.78, 5) is 3.81. The summed E-state index contributed by atoms with van der Waals surface area (Å²) in [5.74, 6) is -0.315. The van der Waals surface area contributed by atoms with Gasteiger partial charge in [0.15, 0.2) is 0 Å². The Kier molecular flexibility index (Phi) is 2.63. The zero-order valence-corrected chi connectivity index (χ0v) is 8.37. The van der Waals surface area contributed by atoms with Gasteiger partial charge in [-0.1, -0.05) is 12.1 Å². The predicted molar refractivity (Wildman–Crippen MR) is 59.2 cm³/mol. The van der Waals surface area contributed by atoms with Crippen LogP contribution in [0.5, 0.6) is 0 Å². The number of pyridine rings is 1. The SMILES string of the molecule is CNc1ccc(-c2cncc(F)c2)cc1. The van der Waals surface area contributed by atoms with Gasteiger partial charge in [-0.05, 0) is 23.8 Å². The van der Waals surface area contributed by atoms with E-state index >= 15 is 0 Å². The van der Waals surface area contributed by atoms with Crippen molar-refractivity contribution < 1.29 is 4.39 Å². The lowest BCUT2D eigenvalue weighted by molar-refractivity contribution is 0.622. The predicted octanol–water partition coefficient (Wildman–Crippen LogP) is 2.93. The summed E-state index contributed by atoms with van der Waals surface area (Å²) in [7, 11) is 1.86. The van der Waals surface area contributed by atoms with Crippen LogP contribution < -0.4 is 5.32 Å². The van der Waals surface area contributed by atoms with Gasteiger partial charge in [-0.25, -0.2) is 4.39 Å². The highest BCUT2D eigenvalue weighted by Gasteiger charge is 1.99. The molecule has 0 radical (unpaired) electrons. The van der Waals surface area contributed by atoms with Crippen LogP contribution in [0.4, 0.5) is 10.1 Å². The number of hydrogen-bond acceptors (Lipinski definition) is 2. The minimum atomic E-state index is -0.315. The summed E-state index contributed by atoms with van der Waals surface area (Å²) >= 11 is 0. The third-order valence-electron chi connectivity index (χ3n) is 2.21. The molecule has 76 valence electrons. The first kappa shape index (κ1) is 9.65. The number of hydrogen-bond donors (Lipinski definition) is 1. The van der Waals surface area contributed by atoms with E-state index in [-0.39, 0.29) is 5.82 Å². The lowest BCUT2D eigenvalue weighted by Gasteiger charge is -2.03. The molecule has 1 N–H and O–H groups in total. The van der Waals surface area contributed by atoms with Crippen molar-refractivity contribution in [2.24, 2.45) is 0 Å². The Balaban J connectivity index is 2.37. The Bertz CT molecular complexity index is 451. The minimum absolute atomic E-state index is 0.315. The highest BCUT2D eigenvalue weighted by atomic mass is 19.1. The van der Waals surface area contributed by atoms with Crippen molar-refractivity contribution in [3.8, 4) is 11.1 Å². The molecule has 0 aliphatic carbocycles. The van der Waals surface area contributed by atoms with E-state index in [2.05, 4.69) is 10.3 Å². The maximum atomic E-state index is 12.9. The first-order valence-electron chi connectivity index (χ1n) is 4.68. The van der Waals surface area contributed by atoms with Crippen LogP contribution in [0.15, 0.2) is 42.7 Å². The van der Waals surface area contributed by atoms with E-state index in [0.29, 0.717) is 0 Å². The van der Waals surface area contributed by atoms with Crippen LogP contribution in [0.25, 0.3) is 11.1 Å². The van der Waals surface area contributed by atoms with Crippen molar-refractivity contribution in [1.82, 2.24) is 4.98 Å². The van der Waals surface area contributed by atoms with Crippen molar-refractivity contribution in [3.63, 3.8) is 0 Å². The van der Waals surface area contributed by atoms with Crippen molar-refractivity contribution in [3.05, 3.63) is 48.5 Å². The molecule has 1 heterocycles. The first-order chi connectivity index (χ1) is 7.29. The van der Waals surface area contributed by atoms with Crippen molar-refractivity contribution in [2.45, 2.75) is 0 Å². The molecule has 15 heavy (non-hydrogen) atoms. The maximum Gasteiger partial charge on any atom is 0.142 e. The molecule has 0 unspecified atom stereocenters. The van der Waals surface area contributed by atoms with Gasteiger partial charge in [0.25, 0.3) is 0 Å². The number of nitrogens with zero attached hydrogens (tertiary/aromatic N) is 1. The Hall–Kier alpha value is -1.90. The van der Waals surface area contributed by atoms with Crippen molar-refractivity contribution in [1.29, 1.82) is 0 Å². The van der Waals surface area contributed by atoms with E-state index in [1.54, 1.807) is 6.20 Å². The van der Waals surface area contributed by atoms with Crippen LogP contribution in [0.2, 0.25) is 0 Å². The molecule has 1 aromatic heterocycles. The fourth-order valence-electron chi connectivity index (χ4n) is 1.40. The van der Waals surface area contributed by atoms with E-state index in [0.717, 1.165) is 16.8 Å². The molecule has 0 atom stereocenters. The van der Waals surface area contributed by atoms with Gasteiger partial charge in [0.05, 0.1) is 6.20 Å². The van der Waals surface area contributed by atoms with Gasteiger partial charge in [-0.2, -0.15) is 0 Å². The highest BCUT2D eigenvalue weighted by Crippen LogP contribution is 2.20. The zero-order valence-electron chi connectivity index (χ0n) is 8.37. The van der Waals surface area contributed by atoms with Crippen LogP contribution in [-0.2, 0) is 0 Å². The lowest BCUT2D eigenvalue weighted by atomic mass is 10.1. The molecule has 0 aliphatic rings. The van der Waals surface area contributed by atoms with Crippen LogP contribution in [0.3, 0.4) is 0 Å². The zero-order chi connectivity index (χ0) is 10.7.